The third-order valence-corrected chi connectivity index (χ3v) is 19.3. The molecule has 0 saturated heterocycles. The molecule has 3 unspecified atom stereocenters. The van der Waals surface area contributed by atoms with Crippen LogP contribution in [0.4, 0.5) is 0 Å². The summed E-state index contributed by atoms with van der Waals surface area (Å²) >= 11 is 0. The monoisotopic (exact) mass is 1370 g/mol. The molecule has 0 aliphatic carbocycles. The molecule has 0 amide bonds. The van der Waals surface area contributed by atoms with Crippen LogP contribution in [0, 0.1) is 23.7 Å². The first kappa shape index (κ1) is 91.1. The lowest BCUT2D eigenvalue weighted by Crippen LogP contribution is -2.30. The van der Waals surface area contributed by atoms with Crippen LogP contribution < -0.4 is 0 Å². The number of phosphoric acid groups is 2. The minimum absolute atomic E-state index is 0.103. The van der Waals surface area contributed by atoms with E-state index in [2.05, 4.69) is 55.4 Å². The standard InChI is InChI=1S/C74H144O17P2/c1-9-67(8)53-45-37-32-33-39-47-55-72(77)85-61-70(90-73(78)56-48-40-30-24-20-14-12-10-11-13-17-21-26-34-42-50-64(2)3)63-89-93(82,83)87-59-68(75)58-86-92(80,81)88-62-69(91-74(79)57-49-41-31-25-28-36-44-52-66(6)7)60-84-71(76)54-46-38-29-23-19-16-15-18-22-27-35-43-51-65(4)5/h64-70,75H,9-63H2,1-8H3,(H,80,81)(H,82,83)/t67?,68-,69-,70-/m1/s1. The van der Waals surface area contributed by atoms with E-state index in [0.717, 1.165) is 114 Å². The zero-order valence-electron chi connectivity index (χ0n) is 60.9. The summed E-state index contributed by atoms with van der Waals surface area (Å²) in [6.45, 7) is 14.1. The average Bonchev–Trinajstić information content (AvgIpc) is 2.02. The Hall–Kier alpha value is -1.94. The maximum Gasteiger partial charge on any atom is 0.472 e. The second-order valence-electron chi connectivity index (χ2n) is 28.4. The first-order valence-corrected chi connectivity index (χ1v) is 41.2. The van der Waals surface area contributed by atoms with Crippen LogP contribution in [0.1, 0.15) is 370 Å². The van der Waals surface area contributed by atoms with Crippen molar-refractivity contribution in [2.24, 2.45) is 23.7 Å². The highest BCUT2D eigenvalue weighted by Gasteiger charge is 2.30. The Morgan fingerprint density at radius 1 is 0.301 bits per heavy atom. The highest BCUT2D eigenvalue weighted by atomic mass is 31.2. The fourth-order valence-corrected chi connectivity index (χ4v) is 12.7. The predicted molar refractivity (Wildman–Crippen MR) is 377 cm³/mol. The Bertz CT molecular complexity index is 1840. The van der Waals surface area contributed by atoms with E-state index in [4.69, 9.17) is 37.0 Å². The highest BCUT2D eigenvalue weighted by Crippen LogP contribution is 2.45. The summed E-state index contributed by atoms with van der Waals surface area (Å²) in [4.78, 5) is 72.7. The highest BCUT2D eigenvalue weighted by molar-refractivity contribution is 7.47. The van der Waals surface area contributed by atoms with Crippen LogP contribution in [-0.4, -0.2) is 96.7 Å². The molecule has 19 heteroatoms. The van der Waals surface area contributed by atoms with Gasteiger partial charge in [-0.25, -0.2) is 9.13 Å². The van der Waals surface area contributed by atoms with E-state index in [9.17, 15) is 43.2 Å². The molecule has 0 saturated carbocycles. The van der Waals surface area contributed by atoms with E-state index in [1.54, 1.807) is 0 Å². The molecule has 93 heavy (non-hydrogen) atoms. The zero-order valence-corrected chi connectivity index (χ0v) is 62.7. The molecule has 0 aromatic carbocycles. The number of ether oxygens (including phenoxy) is 4. The van der Waals surface area contributed by atoms with Gasteiger partial charge >= 0.3 is 39.5 Å². The molecule has 0 aromatic rings. The molecule has 0 rings (SSSR count). The Morgan fingerprint density at radius 2 is 0.516 bits per heavy atom. The van der Waals surface area contributed by atoms with Gasteiger partial charge in [-0.15, -0.1) is 0 Å². The number of carbonyl (C=O) groups excluding carboxylic acids is 4. The van der Waals surface area contributed by atoms with Crippen molar-refractivity contribution in [3.05, 3.63) is 0 Å². The number of aliphatic hydroxyl groups excluding tert-OH is 1. The number of rotatable bonds is 71. The molecule has 0 aromatic heterocycles. The molecule has 0 aliphatic heterocycles. The van der Waals surface area contributed by atoms with E-state index in [-0.39, 0.29) is 25.7 Å². The van der Waals surface area contributed by atoms with Crippen molar-refractivity contribution in [3.63, 3.8) is 0 Å². The van der Waals surface area contributed by atoms with Crippen LogP contribution in [0.5, 0.6) is 0 Å². The molecular weight excluding hydrogens is 1220 g/mol. The van der Waals surface area contributed by atoms with Gasteiger partial charge in [-0.1, -0.05) is 319 Å². The van der Waals surface area contributed by atoms with Crippen molar-refractivity contribution in [3.8, 4) is 0 Å². The molecule has 0 fully saturated rings. The number of phosphoric ester groups is 2. The molecular formula is C74H144O17P2. The van der Waals surface area contributed by atoms with Crippen molar-refractivity contribution in [2.75, 3.05) is 39.6 Å². The summed E-state index contributed by atoms with van der Waals surface area (Å²) < 4.78 is 68.4. The molecule has 3 N–H and O–H groups in total. The minimum Gasteiger partial charge on any atom is -0.462 e. The fourth-order valence-electron chi connectivity index (χ4n) is 11.2. The molecule has 0 bridgehead atoms. The van der Waals surface area contributed by atoms with Gasteiger partial charge in [-0.3, -0.25) is 37.3 Å². The summed E-state index contributed by atoms with van der Waals surface area (Å²) in [7, 11) is -9.91. The summed E-state index contributed by atoms with van der Waals surface area (Å²) in [5, 5.41) is 10.6. The van der Waals surface area contributed by atoms with Gasteiger partial charge < -0.3 is 33.8 Å². The molecule has 0 aliphatic rings. The zero-order chi connectivity index (χ0) is 68.9. The normalized spacial score (nSPS) is 14.5. The topological polar surface area (TPSA) is 237 Å². The van der Waals surface area contributed by atoms with Crippen LogP contribution in [-0.2, 0) is 65.4 Å². The predicted octanol–water partition coefficient (Wildman–Crippen LogP) is 21.3. The molecule has 17 nitrogen and oxygen atoms in total. The van der Waals surface area contributed by atoms with Crippen LogP contribution in [0.25, 0.3) is 0 Å². The third-order valence-electron chi connectivity index (χ3n) is 17.4. The van der Waals surface area contributed by atoms with Gasteiger partial charge in [-0.05, 0) is 49.4 Å². The molecule has 0 radical (unpaired) electrons. The molecule has 552 valence electrons. The number of aliphatic hydroxyl groups is 1. The van der Waals surface area contributed by atoms with Gasteiger partial charge in [0, 0.05) is 25.7 Å². The first-order chi connectivity index (χ1) is 44.6. The smallest absolute Gasteiger partial charge is 0.462 e. The summed E-state index contributed by atoms with van der Waals surface area (Å²) in [5.41, 5.74) is 0. The maximum absolute atomic E-state index is 13.0. The number of esters is 4. The van der Waals surface area contributed by atoms with Crippen molar-refractivity contribution < 1.29 is 80.2 Å². The van der Waals surface area contributed by atoms with Crippen LogP contribution in [0.15, 0.2) is 0 Å². The van der Waals surface area contributed by atoms with Gasteiger partial charge in [0.05, 0.1) is 26.4 Å². The lowest BCUT2D eigenvalue weighted by molar-refractivity contribution is -0.161. The van der Waals surface area contributed by atoms with Gasteiger partial charge in [0.15, 0.2) is 12.2 Å². The largest absolute Gasteiger partial charge is 0.472 e. The first-order valence-electron chi connectivity index (χ1n) is 38.2. The number of hydrogen-bond donors (Lipinski definition) is 3. The molecule has 0 spiro atoms. The van der Waals surface area contributed by atoms with Crippen LogP contribution >= 0.6 is 15.6 Å². The summed E-state index contributed by atoms with van der Waals surface area (Å²) in [6, 6.07) is 0. The van der Waals surface area contributed by atoms with Gasteiger partial charge in [0.25, 0.3) is 0 Å². The average molecular weight is 1370 g/mol. The maximum atomic E-state index is 13.0. The van der Waals surface area contributed by atoms with E-state index >= 15 is 0 Å². The van der Waals surface area contributed by atoms with Crippen LogP contribution in [0.2, 0.25) is 0 Å². The number of carbonyl (C=O) groups is 4. The van der Waals surface area contributed by atoms with Crippen molar-refractivity contribution in [2.45, 2.75) is 388 Å². The van der Waals surface area contributed by atoms with E-state index in [1.165, 1.54) is 167 Å². The van der Waals surface area contributed by atoms with Crippen molar-refractivity contribution >= 4 is 39.5 Å². The fraction of sp³-hybridized carbons (Fsp3) is 0.946. The van der Waals surface area contributed by atoms with E-state index < -0.39 is 97.5 Å². The van der Waals surface area contributed by atoms with Crippen LogP contribution in [0.3, 0.4) is 0 Å². The quantitative estimate of drug-likeness (QED) is 0.0222. The lowest BCUT2D eigenvalue weighted by Gasteiger charge is -2.21. The SMILES string of the molecule is CCC(C)CCCCCCCCC(=O)OC[C@H](COP(=O)(O)OC[C@H](O)COP(=O)(O)OC[C@@H](COC(=O)CCCCCCCCCCCCCCC(C)C)OC(=O)CCCCCCCCCC(C)C)OC(=O)CCCCCCCCCCCCCCCCCC(C)C. The summed E-state index contributed by atoms with van der Waals surface area (Å²) in [5.74, 6) is 0.884. The third kappa shape index (κ3) is 67.0. The minimum atomic E-state index is -4.95. The van der Waals surface area contributed by atoms with Gasteiger partial charge in [0.2, 0.25) is 0 Å². The Kier molecular flexibility index (Phi) is 62.2. The number of hydrogen-bond acceptors (Lipinski definition) is 15. The Labute approximate surface area is 568 Å². The van der Waals surface area contributed by atoms with E-state index in [1.807, 2.05) is 0 Å². The Morgan fingerprint density at radius 3 is 0.763 bits per heavy atom. The van der Waals surface area contributed by atoms with Crippen molar-refractivity contribution in [1.82, 2.24) is 0 Å². The molecule has 6 atom stereocenters. The second kappa shape index (κ2) is 63.5. The van der Waals surface area contributed by atoms with Gasteiger partial charge in [-0.2, -0.15) is 0 Å². The second-order valence-corrected chi connectivity index (χ2v) is 31.3. The Balaban J connectivity index is 5.20. The van der Waals surface area contributed by atoms with Crippen molar-refractivity contribution in [1.29, 1.82) is 0 Å². The van der Waals surface area contributed by atoms with E-state index in [0.29, 0.717) is 31.6 Å². The number of unbranched alkanes of at least 4 members (excludes halogenated alkanes) is 36. The summed E-state index contributed by atoms with van der Waals surface area (Å²) in [6.07, 6.45) is 47.3. The van der Waals surface area contributed by atoms with Gasteiger partial charge in [0.1, 0.15) is 19.3 Å². The lowest BCUT2D eigenvalue weighted by atomic mass is 10.00. The molecule has 0 heterocycles.